The Morgan fingerprint density at radius 1 is 1.22 bits per heavy atom. The van der Waals surface area contributed by atoms with Crippen LogP contribution >= 0.6 is 0 Å². The minimum atomic E-state index is 0.200. The molecule has 7 nitrogen and oxygen atoms in total. The number of likely N-dealkylation sites (N-methyl/N-ethyl adjacent to an activating group) is 1. The number of nitrogens with zero attached hydrogens (tertiary/aromatic N) is 4. The summed E-state index contributed by atoms with van der Waals surface area (Å²) in [5.41, 5.74) is 8.77. The third-order valence-corrected chi connectivity index (χ3v) is 5.47. The molecule has 0 spiro atoms. The zero-order chi connectivity index (χ0) is 22.6. The summed E-state index contributed by atoms with van der Waals surface area (Å²) in [4.78, 5) is 13.2. The number of hydrogen-bond donors (Lipinski definition) is 1. The lowest BCUT2D eigenvalue weighted by molar-refractivity contribution is 0.144. The highest BCUT2D eigenvalue weighted by atomic mass is 16.5. The Hall–Kier alpha value is -2.90. The van der Waals surface area contributed by atoms with Gasteiger partial charge in [-0.05, 0) is 63.2 Å². The van der Waals surface area contributed by atoms with Gasteiger partial charge in [-0.3, -0.25) is 4.90 Å². The van der Waals surface area contributed by atoms with Crippen molar-refractivity contribution in [1.29, 1.82) is 0 Å². The lowest BCUT2D eigenvalue weighted by Gasteiger charge is -2.18. The lowest BCUT2D eigenvalue weighted by Crippen LogP contribution is -2.25. The van der Waals surface area contributed by atoms with E-state index in [-0.39, 0.29) is 5.96 Å². The Bertz CT molecular complexity index is 882. The van der Waals surface area contributed by atoms with Gasteiger partial charge in [0.1, 0.15) is 12.4 Å². The van der Waals surface area contributed by atoms with Crippen molar-refractivity contribution in [2.24, 2.45) is 15.7 Å². The topological polar surface area (TPSA) is 75.7 Å². The molecular formula is C25H35N5O2. The van der Waals surface area contributed by atoms with Crippen molar-refractivity contribution in [2.45, 2.75) is 26.4 Å². The molecule has 2 aliphatic rings. The molecule has 0 amide bonds. The van der Waals surface area contributed by atoms with E-state index in [9.17, 15) is 0 Å². The first-order chi connectivity index (χ1) is 15.7. The second-order valence-corrected chi connectivity index (χ2v) is 7.88. The van der Waals surface area contributed by atoms with Gasteiger partial charge in [-0.2, -0.15) is 0 Å². The van der Waals surface area contributed by atoms with Gasteiger partial charge in [-0.15, -0.1) is 0 Å². The Morgan fingerprint density at radius 3 is 2.88 bits per heavy atom. The van der Waals surface area contributed by atoms with Crippen LogP contribution in [0, 0.1) is 0 Å². The molecule has 2 N–H and O–H groups in total. The molecule has 2 bridgehead atoms. The molecular weight excluding hydrogens is 402 g/mol. The molecule has 0 atom stereocenters. The predicted octanol–water partition coefficient (Wildman–Crippen LogP) is 3.66. The normalized spacial score (nSPS) is 22.9. The molecule has 0 saturated carbocycles. The molecule has 1 saturated heterocycles. The lowest BCUT2D eigenvalue weighted by atomic mass is 10.2. The highest BCUT2D eigenvalue weighted by molar-refractivity contribution is 5.91. The number of nitrogens with two attached hydrogens (primary N) is 1. The quantitative estimate of drug-likeness (QED) is 0.728. The number of likely N-dealkylation sites (tertiary alicyclic amines) is 1. The van der Waals surface area contributed by atoms with Crippen LogP contribution in [0.2, 0.25) is 0 Å². The molecule has 0 aromatic heterocycles. The summed E-state index contributed by atoms with van der Waals surface area (Å²) in [5.74, 6) is 1.03. The fourth-order valence-electron chi connectivity index (χ4n) is 3.69. The summed E-state index contributed by atoms with van der Waals surface area (Å²) < 4.78 is 12.0. The molecule has 1 aromatic carbocycles. The zero-order valence-corrected chi connectivity index (χ0v) is 19.2. The van der Waals surface area contributed by atoms with Crippen LogP contribution in [0.4, 0.5) is 5.69 Å². The Kier molecular flexibility index (Phi) is 9.53. The van der Waals surface area contributed by atoms with Gasteiger partial charge in [0.2, 0.25) is 5.96 Å². The Balaban J connectivity index is 1.74. The van der Waals surface area contributed by atoms with E-state index in [0.29, 0.717) is 19.8 Å². The van der Waals surface area contributed by atoms with Crippen molar-refractivity contribution in [3.8, 4) is 5.75 Å². The van der Waals surface area contributed by atoms with Crippen molar-refractivity contribution in [3.63, 3.8) is 0 Å². The van der Waals surface area contributed by atoms with E-state index in [0.717, 1.165) is 35.8 Å². The standard InChI is InChI=1S/C25H35N5O2/c1-3-23-9-8-12-27-25(26)28-22-10-11-24(32-18-16-30-14-4-5-15-30)21(19-22)20-31-17-7-6-13-29(23)2/h3,6-12,19H,4-5,13-18,20H2,1-2H3,(H2,26,28)/b7-6-,9-8+,23-3-,27-12+. The van der Waals surface area contributed by atoms with E-state index in [4.69, 9.17) is 15.2 Å². The summed E-state index contributed by atoms with van der Waals surface area (Å²) in [7, 11) is 2.04. The number of guanidine groups is 1. The molecule has 3 rings (SSSR count). The van der Waals surface area contributed by atoms with Gasteiger partial charge in [0.25, 0.3) is 0 Å². The summed E-state index contributed by atoms with van der Waals surface area (Å²) >= 11 is 0. The van der Waals surface area contributed by atoms with Gasteiger partial charge >= 0.3 is 0 Å². The number of fused-ring (bicyclic) bond motifs is 2. The molecule has 2 heterocycles. The first-order valence-electron chi connectivity index (χ1n) is 11.3. The third kappa shape index (κ3) is 7.66. The minimum Gasteiger partial charge on any atom is -0.492 e. The van der Waals surface area contributed by atoms with Crippen LogP contribution in [0.15, 0.2) is 64.3 Å². The molecule has 1 aromatic rings. The largest absolute Gasteiger partial charge is 0.492 e. The second-order valence-electron chi connectivity index (χ2n) is 7.88. The number of rotatable bonds is 4. The summed E-state index contributed by atoms with van der Waals surface area (Å²) in [5, 5.41) is 0. The predicted molar refractivity (Wildman–Crippen MR) is 132 cm³/mol. The van der Waals surface area contributed by atoms with Crippen molar-refractivity contribution in [3.05, 3.63) is 59.8 Å². The van der Waals surface area contributed by atoms with Crippen LogP contribution in [0.25, 0.3) is 0 Å². The van der Waals surface area contributed by atoms with Crippen LogP contribution in [-0.4, -0.2) is 68.4 Å². The van der Waals surface area contributed by atoms with Gasteiger partial charge in [-0.25, -0.2) is 9.98 Å². The van der Waals surface area contributed by atoms with Crippen molar-refractivity contribution < 1.29 is 9.47 Å². The van der Waals surface area contributed by atoms with E-state index in [1.165, 1.54) is 25.9 Å². The van der Waals surface area contributed by atoms with E-state index in [2.05, 4.69) is 31.9 Å². The van der Waals surface area contributed by atoms with Crippen molar-refractivity contribution >= 4 is 17.9 Å². The summed E-state index contributed by atoms with van der Waals surface area (Å²) in [6, 6.07) is 5.79. The van der Waals surface area contributed by atoms with Crippen LogP contribution in [0.5, 0.6) is 5.75 Å². The molecule has 32 heavy (non-hydrogen) atoms. The number of hydrogen-bond acceptors (Lipinski definition) is 7. The maximum Gasteiger partial charge on any atom is 0.220 e. The van der Waals surface area contributed by atoms with Crippen molar-refractivity contribution in [1.82, 2.24) is 9.80 Å². The Morgan fingerprint density at radius 2 is 2.06 bits per heavy atom. The van der Waals surface area contributed by atoms with Crippen molar-refractivity contribution in [2.75, 3.05) is 46.4 Å². The molecule has 0 aliphatic carbocycles. The van der Waals surface area contributed by atoms with Crippen LogP contribution in [-0.2, 0) is 11.3 Å². The van der Waals surface area contributed by atoms with Gasteiger partial charge in [0.05, 0.1) is 18.9 Å². The van der Waals surface area contributed by atoms with E-state index < -0.39 is 0 Å². The molecule has 172 valence electrons. The first-order valence-corrected chi connectivity index (χ1v) is 11.3. The fourth-order valence-corrected chi connectivity index (χ4v) is 3.69. The molecule has 2 aliphatic heterocycles. The van der Waals surface area contributed by atoms with E-state index >= 15 is 0 Å². The smallest absolute Gasteiger partial charge is 0.220 e. The fraction of sp³-hybridized carbons (Fsp3) is 0.440. The van der Waals surface area contributed by atoms with Crippen LogP contribution < -0.4 is 10.5 Å². The van der Waals surface area contributed by atoms with Gasteiger partial charge < -0.3 is 20.1 Å². The third-order valence-electron chi connectivity index (χ3n) is 5.47. The number of benzene rings is 1. The Labute approximate surface area is 191 Å². The average Bonchev–Trinajstić information content (AvgIpc) is 3.30. The first kappa shape index (κ1) is 23.8. The maximum atomic E-state index is 6.09. The monoisotopic (exact) mass is 437 g/mol. The molecule has 0 radical (unpaired) electrons. The van der Waals surface area contributed by atoms with Gasteiger partial charge in [-0.1, -0.05) is 18.2 Å². The number of aliphatic imine (C=N–C) groups is 2. The average molecular weight is 438 g/mol. The highest BCUT2D eigenvalue weighted by Gasteiger charge is 2.12. The SMILES string of the molecule is C/C=C1/C=C/C=N/C(N)=Nc2ccc(OCCN3CCCC3)c(c2)COC/C=C\CN1C. The van der Waals surface area contributed by atoms with Crippen LogP contribution in [0.1, 0.15) is 25.3 Å². The van der Waals surface area contributed by atoms with E-state index in [1.807, 2.05) is 50.4 Å². The number of allylic oxidation sites excluding steroid dienone is 3. The second kappa shape index (κ2) is 12.8. The zero-order valence-electron chi connectivity index (χ0n) is 19.2. The molecule has 1 fully saturated rings. The van der Waals surface area contributed by atoms with E-state index in [1.54, 1.807) is 6.21 Å². The maximum absolute atomic E-state index is 6.09. The van der Waals surface area contributed by atoms with Gasteiger partial charge in [0, 0.05) is 37.6 Å². The van der Waals surface area contributed by atoms with Gasteiger partial charge in [0.15, 0.2) is 0 Å². The minimum absolute atomic E-state index is 0.200. The summed E-state index contributed by atoms with van der Waals surface area (Å²) in [6.45, 7) is 7.70. The number of ether oxygens (including phenoxy) is 2. The molecule has 0 unspecified atom stereocenters. The molecule has 7 heteroatoms. The summed E-state index contributed by atoms with van der Waals surface area (Å²) in [6.07, 6.45) is 14.3. The highest BCUT2D eigenvalue weighted by Crippen LogP contribution is 2.26. The van der Waals surface area contributed by atoms with Crippen LogP contribution in [0.3, 0.4) is 0 Å².